The molecule has 1 fully saturated rings. The zero-order valence-electron chi connectivity index (χ0n) is 11.0. The lowest BCUT2D eigenvalue weighted by Crippen LogP contribution is -2.43. The molecule has 1 heterocycles. The van der Waals surface area contributed by atoms with E-state index >= 15 is 0 Å². The van der Waals surface area contributed by atoms with E-state index in [4.69, 9.17) is 4.74 Å². The molecule has 1 aromatic carbocycles. The lowest BCUT2D eigenvalue weighted by molar-refractivity contribution is 0.412. The van der Waals surface area contributed by atoms with Crippen LogP contribution in [-0.4, -0.2) is 33.3 Å². The van der Waals surface area contributed by atoms with Crippen LogP contribution in [0.4, 0.5) is 5.69 Å². The van der Waals surface area contributed by atoms with Crippen molar-refractivity contribution in [3.63, 3.8) is 0 Å². The average molecular weight is 234 g/mol. The molecule has 0 bridgehead atoms. The highest BCUT2D eigenvalue weighted by molar-refractivity contribution is 5.60. The minimum atomic E-state index is 0.558. The molecule has 1 aliphatic heterocycles. The first kappa shape index (κ1) is 12.2. The van der Waals surface area contributed by atoms with Crippen molar-refractivity contribution < 1.29 is 4.74 Å². The summed E-state index contributed by atoms with van der Waals surface area (Å²) in [4.78, 5) is 2.40. The molecule has 0 aromatic heterocycles. The largest absolute Gasteiger partial charge is 0.495 e. The normalized spacial score (nSPS) is 16.4. The van der Waals surface area contributed by atoms with E-state index in [9.17, 15) is 0 Å². The van der Waals surface area contributed by atoms with Crippen LogP contribution in [0.15, 0.2) is 18.2 Å². The minimum Gasteiger partial charge on any atom is -0.495 e. The van der Waals surface area contributed by atoms with Gasteiger partial charge in [-0.3, -0.25) is 0 Å². The van der Waals surface area contributed by atoms with Gasteiger partial charge in [0.2, 0.25) is 0 Å². The Bertz CT molecular complexity index is 370. The van der Waals surface area contributed by atoms with Crippen LogP contribution < -0.4 is 15.0 Å². The van der Waals surface area contributed by atoms with Crippen LogP contribution in [0.3, 0.4) is 0 Å². The van der Waals surface area contributed by atoms with Crippen LogP contribution in [-0.2, 0) is 0 Å². The smallest absolute Gasteiger partial charge is 0.142 e. The highest BCUT2D eigenvalue weighted by atomic mass is 16.5. The summed E-state index contributed by atoms with van der Waals surface area (Å²) in [6.07, 6.45) is 0. The first-order valence-electron chi connectivity index (χ1n) is 6.36. The van der Waals surface area contributed by atoms with Crippen molar-refractivity contribution in [1.29, 1.82) is 0 Å². The van der Waals surface area contributed by atoms with Crippen LogP contribution in [0.2, 0.25) is 0 Å². The standard InChI is InChI=1S/C14H22N2O/c1-11(2)12-4-5-14(17-3)13(10-12)16-8-6-15-7-9-16/h4-5,10-11,15H,6-9H2,1-3H3. The predicted molar refractivity (Wildman–Crippen MR) is 72.2 cm³/mol. The molecule has 17 heavy (non-hydrogen) atoms. The van der Waals surface area contributed by atoms with Gasteiger partial charge in [-0.05, 0) is 23.6 Å². The summed E-state index contributed by atoms with van der Waals surface area (Å²) in [5.74, 6) is 1.54. The van der Waals surface area contributed by atoms with Gasteiger partial charge >= 0.3 is 0 Å². The Labute approximate surface area is 104 Å². The molecule has 0 unspecified atom stereocenters. The number of anilines is 1. The lowest BCUT2D eigenvalue weighted by Gasteiger charge is -2.31. The summed E-state index contributed by atoms with van der Waals surface area (Å²) in [5, 5.41) is 3.38. The summed E-state index contributed by atoms with van der Waals surface area (Å²) in [6.45, 7) is 8.66. The molecule has 1 aromatic rings. The molecular formula is C14H22N2O. The minimum absolute atomic E-state index is 0.558. The maximum atomic E-state index is 5.47. The van der Waals surface area contributed by atoms with E-state index in [0.717, 1.165) is 31.9 Å². The monoisotopic (exact) mass is 234 g/mol. The molecule has 0 spiro atoms. The topological polar surface area (TPSA) is 24.5 Å². The second-order valence-corrected chi connectivity index (χ2v) is 4.82. The van der Waals surface area contributed by atoms with Gasteiger partial charge in [0.05, 0.1) is 12.8 Å². The molecular weight excluding hydrogens is 212 g/mol. The Kier molecular flexibility index (Phi) is 3.89. The molecule has 0 radical (unpaired) electrons. The molecule has 1 N–H and O–H groups in total. The van der Waals surface area contributed by atoms with E-state index in [1.807, 2.05) is 0 Å². The SMILES string of the molecule is COc1ccc(C(C)C)cc1N1CCNCC1. The Morgan fingerprint density at radius 2 is 1.94 bits per heavy atom. The summed E-state index contributed by atoms with van der Waals surface area (Å²) < 4.78 is 5.47. The van der Waals surface area contributed by atoms with Crippen molar-refractivity contribution in [1.82, 2.24) is 5.32 Å². The van der Waals surface area contributed by atoms with Gasteiger partial charge in [-0.1, -0.05) is 19.9 Å². The van der Waals surface area contributed by atoms with Crippen LogP contribution >= 0.6 is 0 Å². The van der Waals surface area contributed by atoms with Crippen LogP contribution in [0.5, 0.6) is 5.75 Å². The van der Waals surface area contributed by atoms with E-state index < -0.39 is 0 Å². The number of nitrogens with one attached hydrogen (secondary N) is 1. The number of hydrogen-bond acceptors (Lipinski definition) is 3. The number of ether oxygens (including phenoxy) is 1. The third-order valence-corrected chi connectivity index (χ3v) is 3.33. The number of nitrogens with zero attached hydrogens (tertiary/aromatic N) is 1. The second-order valence-electron chi connectivity index (χ2n) is 4.82. The maximum Gasteiger partial charge on any atom is 0.142 e. The summed E-state index contributed by atoms with van der Waals surface area (Å²) in [7, 11) is 1.75. The zero-order chi connectivity index (χ0) is 12.3. The lowest BCUT2D eigenvalue weighted by atomic mass is 10.0. The van der Waals surface area contributed by atoms with Crippen LogP contribution in [0.25, 0.3) is 0 Å². The Morgan fingerprint density at radius 3 is 2.53 bits per heavy atom. The van der Waals surface area contributed by atoms with Crippen molar-refractivity contribution in [3.8, 4) is 5.75 Å². The molecule has 0 saturated carbocycles. The summed E-state index contributed by atoms with van der Waals surface area (Å²) in [5.41, 5.74) is 2.61. The molecule has 3 nitrogen and oxygen atoms in total. The molecule has 3 heteroatoms. The van der Waals surface area contributed by atoms with Gasteiger partial charge in [0.25, 0.3) is 0 Å². The molecule has 1 saturated heterocycles. The number of hydrogen-bond donors (Lipinski definition) is 1. The van der Waals surface area contributed by atoms with E-state index in [-0.39, 0.29) is 0 Å². The zero-order valence-corrected chi connectivity index (χ0v) is 11.0. The fourth-order valence-corrected chi connectivity index (χ4v) is 2.22. The number of benzene rings is 1. The van der Waals surface area contributed by atoms with Gasteiger partial charge in [-0.25, -0.2) is 0 Å². The molecule has 2 rings (SSSR count). The third kappa shape index (κ3) is 2.72. The first-order valence-corrected chi connectivity index (χ1v) is 6.36. The summed E-state index contributed by atoms with van der Waals surface area (Å²) in [6, 6.07) is 6.52. The third-order valence-electron chi connectivity index (χ3n) is 3.33. The molecule has 0 aliphatic carbocycles. The van der Waals surface area contributed by atoms with Gasteiger partial charge in [0.1, 0.15) is 5.75 Å². The van der Waals surface area contributed by atoms with Crippen molar-refractivity contribution in [2.45, 2.75) is 19.8 Å². The van der Waals surface area contributed by atoms with Gasteiger partial charge in [0, 0.05) is 26.2 Å². The van der Waals surface area contributed by atoms with Gasteiger partial charge < -0.3 is 15.0 Å². The maximum absolute atomic E-state index is 5.47. The Hall–Kier alpha value is -1.22. The highest BCUT2D eigenvalue weighted by Crippen LogP contribution is 2.31. The molecule has 0 amide bonds. The van der Waals surface area contributed by atoms with E-state index in [1.54, 1.807) is 7.11 Å². The van der Waals surface area contributed by atoms with Crippen LogP contribution in [0, 0.1) is 0 Å². The van der Waals surface area contributed by atoms with Crippen molar-refractivity contribution >= 4 is 5.69 Å². The van der Waals surface area contributed by atoms with E-state index in [2.05, 4.69) is 42.3 Å². The average Bonchev–Trinajstić information content (AvgIpc) is 2.39. The van der Waals surface area contributed by atoms with Gasteiger partial charge in [-0.15, -0.1) is 0 Å². The molecule has 0 atom stereocenters. The number of methoxy groups -OCH3 is 1. The van der Waals surface area contributed by atoms with Gasteiger partial charge in [-0.2, -0.15) is 0 Å². The Morgan fingerprint density at radius 1 is 1.24 bits per heavy atom. The van der Waals surface area contributed by atoms with E-state index in [1.165, 1.54) is 11.3 Å². The predicted octanol–water partition coefficient (Wildman–Crippen LogP) is 2.23. The number of rotatable bonds is 3. The van der Waals surface area contributed by atoms with Crippen molar-refractivity contribution in [2.24, 2.45) is 0 Å². The summed E-state index contributed by atoms with van der Waals surface area (Å²) >= 11 is 0. The first-order chi connectivity index (χ1) is 8.22. The van der Waals surface area contributed by atoms with Gasteiger partial charge in [0.15, 0.2) is 0 Å². The van der Waals surface area contributed by atoms with Crippen molar-refractivity contribution in [2.75, 3.05) is 38.2 Å². The second kappa shape index (κ2) is 5.41. The van der Waals surface area contributed by atoms with Crippen molar-refractivity contribution in [3.05, 3.63) is 23.8 Å². The molecule has 94 valence electrons. The number of piperazine rings is 1. The van der Waals surface area contributed by atoms with Crippen LogP contribution in [0.1, 0.15) is 25.3 Å². The highest BCUT2D eigenvalue weighted by Gasteiger charge is 2.15. The Balaban J connectivity index is 2.30. The molecule has 1 aliphatic rings. The van der Waals surface area contributed by atoms with E-state index in [0.29, 0.717) is 5.92 Å². The quantitative estimate of drug-likeness (QED) is 0.868. The fraction of sp³-hybridized carbons (Fsp3) is 0.571. The fourth-order valence-electron chi connectivity index (χ4n) is 2.22.